The fraction of sp³-hybridized carbons (Fsp3) is 0.350. The molecule has 29 heavy (non-hydrogen) atoms. The number of imide groups is 1. The Hall–Kier alpha value is -3.51. The highest BCUT2D eigenvalue weighted by molar-refractivity contribution is 6.23. The molecule has 4 atom stereocenters. The number of para-hydroxylation sites is 1. The van der Waals surface area contributed by atoms with Crippen molar-refractivity contribution in [1.29, 1.82) is 5.26 Å². The summed E-state index contributed by atoms with van der Waals surface area (Å²) in [5.41, 5.74) is -1.28. The molecule has 2 saturated heterocycles. The maximum atomic E-state index is 13.3. The van der Waals surface area contributed by atoms with Crippen LogP contribution in [0, 0.1) is 23.2 Å². The van der Waals surface area contributed by atoms with Gasteiger partial charge >= 0.3 is 11.9 Å². The van der Waals surface area contributed by atoms with Crippen molar-refractivity contribution < 1.29 is 33.4 Å². The Morgan fingerprint density at radius 2 is 1.83 bits per heavy atom. The minimum Gasteiger partial charge on any atom is -0.422 e. The summed E-state index contributed by atoms with van der Waals surface area (Å²) >= 11 is 0. The number of fused-ring (bicyclic) bond motifs is 5. The number of hydrogen-bond acceptors (Lipinski definition) is 8. The number of hydrogen-bond donors (Lipinski definition) is 0. The molecule has 0 aliphatic carbocycles. The van der Waals surface area contributed by atoms with E-state index < -0.39 is 53.6 Å². The lowest BCUT2D eigenvalue weighted by Gasteiger charge is -2.34. The summed E-state index contributed by atoms with van der Waals surface area (Å²) in [5.74, 6) is -4.56. The van der Waals surface area contributed by atoms with E-state index in [4.69, 9.17) is 14.2 Å². The molecule has 1 aromatic rings. The number of esters is 2. The summed E-state index contributed by atoms with van der Waals surface area (Å²) in [7, 11) is 0. The zero-order valence-electron chi connectivity index (χ0n) is 15.5. The molecule has 3 aliphatic rings. The number of ether oxygens (including phenoxy) is 3. The van der Waals surface area contributed by atoms with Crippen molar-refractivity contribution >= 4 is 29.4 Å². The number of rotatable bonds is 4. The normalized spacial score (nSPS) is 29.2. The van der Waals surface area contributed by atoms with Gasteiger partial charge in [0.2, 0.25) is 11.8 Å². The minimum absolute atomic E-state index is 0.168. The topological polar surface area (TPSA) is 123 Å². The Bertz CT molecular complexity index is 994. The lowest BCUT2D eigenvalue weighted by atomic mass is 9.76. The maximum absolute atomic E-state index is 13.3. The van der Waals surface area contributed by atoms with Crippen molar-refractivity contribution in [3.63, 3.8) is 0 Å². The van der Waals surface area contributed by atoms with Crippen molar-refractivity contribution in [1.82, 2.24) is 0 Å². The predicted molar refractivity (Wildman–Crippen MR) is 94.7 cm³/mol. The number of nitriles is 1. The summed E-state index contributed by atoms with van der Waals surface area (Å²) in [5, 5.41) is 9.36. The van der Waals surface area contributed by atoms with E-state index >= 15 is 0 Å². The van der Waals surface area contributed by atoms with Crippen molar-refractivity contribution in [2.24, 2.45) is 11.8 Å². The number of nitrogens with zero attached hydrogens (tertiary/aromatic N) is 2. The Balaban J connectivity index is 1.78. The summed E-state index contributed by atoms with van der Waals surface area (Å²) in [6, 6.07) is 8.22. The Labute approximate surface area is 165 Å². The van der Waals surface area contributed by atoms with Gasteiger partial charge in [0.05, 0.1) is 29.2 Å². The zero-order valence-corrected chi connectivity index (χ0v) is 15.5. The van der Waals surface area contributed by atoms with Crippen molar-refractivity contribution in [2.75, 3.05) is 4.90 Å². The van der Waals surface area contributed by atoms with Gasteiger partial charge in [0, 0.05) is 13.8 Å². The molecule has 148 valence electrons. The summed E-state index contributed by atoms with van der Waals surface area (Å²) in [6.07, 6.45) is 0.813. The van der Waals surface area contributed by atoms with Gasteiger partial charge in [0.25, 0.3) is 6.29 Å². The second-order valence-electron chi connectivity index (χ2n) is 6.99. The first kappa shape index (κ1) is 18.8. The quantitative estimate of drug-likeness (QED) is 0.317. The third-order valence-electron chi connectivity index (χ3n) is 5.26. The van der Waals surface area contributed by atoms with Crippen LogP contribution < -0.4 is 4.90 Å². The molecule has 0 radical (unpaired) electrons. The molecular formula is C20H16N2O7. The SMILES string of the molecule is CC(=O)OC(OC(C)=O)[C@@]12C=C[C@@H](O1)[C@@H]1C(=O)N(c3ccccc3C#N)C(=O)[C@H]12. The highest BCUT2D eigenvalue weighted by atomic mass is 16.7. The third-order valence-corrected chi connectivity index (χ3v) is 5.26. The number of carbonyl (C=O) groups is 4. The molecule has 0 aromatic heterocycles. The molecule has 0 saturated carbocycles. The average molecular weight is 396 g/mol. The minimum atomic E-state index is -1.62. The summed E-state index contributed by atoms with van der Waals surface area (Å²) in [6.45, 7) is 2.26. The van der Waals surface area contributed by atoms with Gasteiger partial charge in [-0.3, -0.25) is 19.2 Å². The smallest absolute Gasteiger partial charge is 0.305 e. The van der Waals surface area contributed by atoms with Gasteiger partial charge in [0.1, 0.15) is 6.07 Å². The molecular weight excluding hydrogens is 380 g/mol. The predicted octanol–water partition coefficient (Wildman–Crippen LogP) is 0.824. The maximum Gasteiger partial charge on any atom is 0.305 e. The molecule has 2 fully saturated rings. The van der Waals surface area contributed by atoms with E-state index in [9.17, 15) is 24.4 Å². The van der Waals surface area contributed by atoms with Crippen LogP contribution in [0.5, 0.6) is 0 Å². The standard InChI is InChI=1S/C20H16N2O7/c1-10(23)27-19(28-11(2)24)20-8-7-14(29-20)15-16(20)18(26)22(17(15)25)13-6-4-3-5-12(13)9-21/h3-8,14-16,19H,1-2H3/t14-,15+,16+,20+/m1/s1. The fourth-order valence-corrected chi connectivity index (χ4v) is 4.22. The van der Waals surface area contributed by atoms with E-state index in [1.165, 1.54) is 18.2 Å². The van der Waals surface area contributed by atoms with Gasteiger partial charge in [-0.1, -0.05) is 18.2 Å². The number of anilines is 1. The van der Waals surface area contributed by atoms with Gasteiger partial charge in [-0.2, -0.15) is 5.26 Å². The van der Waals surface area contributed by atoms with Gasteiger partial charge < -0.3 is 14.2 Å². The average Bonchev–Trinajstić information content (AvgIpc) is 3.32. The molecule has 9 nitrogen and oxygen atoms in total. The number of amides is 2. The van der Waals surface area contributed by atoms with Crippen LogP contribution in [-0.4, -0.2) is 41.7 Å². The van der Waals surface area contributed by atoms with Crippen molar-refractivity contribution in [3.05, 3.63) is 42.0 Å². The van der Waals surface area contributed by atoms with Crippen LogP contribution in [-0.2, 0) is 33.4 Å². The summed E-state index contributed by atoms with van der Waals surface area (Å²) in [4.78, 5) is 50.6. The van der Waals surface area contributed by atoms with Crippen LogP contribution in [0.1, 0.15) is 19.4 Å². The third kappa shape index (κ3) is 2.64. The van der Waals surface area contributed by atoms with Gasteiger partial charge in [0.15, 0.2) is 5.60 Å². The lowest BCUT2D eigenvalue weighted by molar-refractivity contribution is -0.226. The van der Waals surface area contributed by atoms with Gasteiger partial charge in [-0.25, -0.2) is 4.90 Å². The largest absolute Gasteiger partial charge is 0.422 e. The van der Waals surface area contributed by atoms with Gasteiger partial charge in [-0.15, -0.1) is 0 Å². The molecule has 3 aliphatic heterocycles. The Morgan fingerprint density at radius 1 is 1.17 bits per heavy atom. The van der Waals surface area contributed by atoms with Crippen LogP contribution in [0.2, 0.25) is 0 Å². The number of carbonyl (C=O) groups excluding carboxylic acids is 4. The monoisotopic (exact) mass is 396 g/mol. The molecule has 2 amide bonds. The van der Waals surface area contributed by atoms with Crippen LogP contribution in [0.15, 0.2) is 36.4 Å². The first-order valence-corrected chi connectivity index (χ1v) is 8.88. The Kier molecular flexibility index (Phi) is 4.24. The summed E-state index contributed by atoms with van der Waals surface area (Å²) < 4.78 is 16.2. The zero-order chi connectivity index (χ0) is 20.9. The van der Waals surface area contributed by atoms with E-state index in [1.54, 1.807) is 18.2 Å². The highest BCUT2D eigenvalue weighted by Gasteiger charge is 2.72. The molecule has 0 spiro atoms. The van der Waals surface area contributed by atoms with Crippen LogP contribution >= 0.6 is 0 Å². The van der Waals surface area contributed by atoms with Crippen LogP contribution in [0.25, 0.3) is 0 Å². The molecule has 0 unspecified atom stereocenters. The second kappa shape index (κ2) is 6.53. The van der Waals surface area contributed by atoms with E-state index in [0.29, 0.717) is 0 Å². The molecule has 1 aromatic carbocycles. The molecule has 3 heterocycles. The molecule has 0 N–H and O–H groups in total. The molecule has 2 bridgehead atoms. The second-order valence-corrected chi connectivity index (χ2v) is 6.99. The number of benzene rings is 1. The van der Waals surface area contributed by atoms with Crippen LogP contribution in [0.3, 0.4) is 0 Å². The molecule has 9 heteroatoms. The lowest BCUT2D eigenvalue weighted by Crippen LogP contribution is -2.52. The van der Waals surface area contributed by atoms with E-state index in [2.05, 4.69) is 0 Å². The van der Waals surface area contributed by atoms with E-state index in [-0.39, 0.29) is 11.3 Å². The van der Waals surface area contributed by atoms with Crippen molar-refractivity contribution in [2.45, 2.75) is 31.8 Å². The van der Waals surface area contributed by atoms with Gasteiger partial charge in [-0.05, 0) is 18.2 Å². The van der Waals surface area contributed by atoms with Crippen molar-refractivity contribution in [3.8, 4) is 6.07 Å². The Morgan fingerprint density at radius 3 is 2.45 bits per heavy atom. The van der Waals surface area contributed by atoms with Crippen LogP contribution in [0.4, 0.5) is 5.69 Å². The first-order chi connectivity index (χ1) is 13.8. The highest BCUT2D eigenvalue weighted by Crippen LogP contribution is 2.54. The molecule has 4 rings (SSSR count). The first-order valence-electron chi connectivity index (χ1n) is 8.88. The fourth-order valence-electron chi connectivity index (χ4n) is 4.22. The van der Waals surface area contributed by atoms with E-state index in [1.807, 2.05) is 6.07 Å². The van der Waals surface area contributed by atoms with E-state index in [0.717, 1.165) is 18.7 Å².